The number of aromatic nitrogens is 1. The van der Waals surface area contributed by atoms with Crippen LogP contribution in [0.15, 0.2) is 48.7 Å². The minimum absolute atomic E-state index is 0.324. The summed E-state index contributed by atoms with van der Waals surface area (Å²) in [6, 6.07) is 7.49. The molecule has 0 amide bonds. The maximum Gasteiger partial charge on any atom is 0.416 e. The number of hydrogen-bond donors (Lipinski definition) is 1. The summed E-state index contributed by atoms with van der Waals surface area (Å²) in [5.41, 5.74) is -0.0380. The quantitative estimate of drug-likeness (QED) is 0.521. The SMILES string of the molecule is O=C(/C=C/c1ccc(C(F)(F)F)cc1)OCC(=O)c1ccc[nH]1. The van der Waals surface area contributed by atoms with Crippen LogP contribution < -0.4 is 0 Å². The molecule has 0 bridgehead atoms. The van der Waals surface area contributed by atoms with Gasteiger partial charge in [0.1, 0.15) is 0 Å². The van der Waals surface area contributed by atoms with Crippen molar-refractivity contribution in [3.63, 3.8) is 0 Å². The summed E-state index contributed by atoms with van der Waals surface area (Å²) in [6.07, 6.45) is -0.481. The number of aromatic amines is 1. The minimum atomic E-state index is -4.40. The van der Waals surface area contributed by atoms with E-state index in [1.54, 1.807) is 18.3 Å². The molecular weight excluding hydrogens is 311 g/mol. The predicted molar refractivity (Wildman–Crippen MR) is 76.6 cm³/mol. The number of esters is 1. The number of hydrogen-bond acceptors (Lipinski definition) is 3. The maximum absolute atomic E-state index is 12.4. The number of Topliss-reactive ketones (excluding diaryl/α,β-unsaturated/α-hetero) is 1. The van der Waals surface area contributed by atoms with E-state index in [1.165, 1.54) is 18.2 Å². The molecule has 0 aliphatic carbocycles. The number of ether oxygens (including phenoxy) is 1. The largest absolute Gasteiger partial charge is 0.454 e. The van der Waals surface area contributed by atoms with Gasteiger partial charge < -0.3 is 9.72 Å². The van der Waals surface area contributed by atoms with Gasteiger partial charge in [0, 0.05) is 12.3 Å². The average Bonchev–Trinajstić information content (AvgIpc) is 3.04. The fourth-order valence-corrected chi connectivity index (χ4v) is 1.71. The molecule has 0 saturated carbocycles. The topological polar surface area (TPSA) is 59.2 Å². The van der Waals surface area contributed by atoms with Crippen LogP contribution in [0.5, 0.6) is 0 Å². The van der Waals surface area contributed by atoms with E-state index in [2.05, 4.69) is 4.98 Å². The van der Waals surface area contributed by atoms with Crippen molar-refractivity contribution in [2.75, 3.05) is 6.61 Å². The molecule has 120 valence electrons. The lowest BCUT2D eigenvalue weighted by Crippen LogP contribution is -2.12. The lowest BCUT2D eigenvalue weighted by Gasteiger charge is -2.05. The number of halogens is 3. The van der Waals surface area contributed by atoms with Crippen LogP contribution in [0.3, 0.4) is 0 Å². The Morgan fingerprint density at radius 3 is 2.39 bits per heavy atom. The van der Waals surface area contributed by atoms with E-state index in [0.29, 0.717) is 11.3 Å². The first kappa shape index (κ1) is 16.5. The summed E-state index contributed by atoms with van der Waals surface area (Å²) >= 11 is 0. The maximum atomic E-state index is 12.4. The van der Waals surface area contributed by atoms with Crippen LogP contribution in [0.4, 0.5) is 13.2 Å². The molecule has 0 fully saturated rings. The highest BCUT2D eigenvalue weighted by Crippen LogP contribution is 2.29. The molecule has 1 N–H and O–H groups in total. The molecule has 0 aliphatic rings. The van der Waals surface area contributed by atoms with Crippen molar-refractivity contribution in [1.82, 2.24) is 4.98 Å². The van der Waals surface area contributed by atoms with Crippen molar-refractivity contribution in [3.05, 3.63) is 65.5 Å². The zero-order valence-corrected chi connectivity index (χ0v) is 11.8. The van der Waals surface area contributed by atoms with Crippen molar-refractivity contribution in [3.8, 4) is 0 Å². The van der Waals surface area contributed by atoms with Crippen molar-refractivity contribution in [2.24, 2.45) is 0 Å². The van der Waals surface area contributed by atoms with Crippen LogP contribution in [0.25, 0.3) is 6.08 Å². The second kappa shape index (κ2) is 6.95. The van der Waals surface area contributed by atoms with Gasteiger partial charge in [-0.3, -0.25) is 4.79 Å². The van der Waals surface area contributed by atoms with Crippen molar-refractivity contribution >= 4 is 17.8 Å². The normalized spacial score (nSPS) is 11.6. The Kier molecular flexibility index (Phi) is 5.00. The van der Waals surface area contributed by atoms with Crippen molar-refractivity contribution < 1.29 is 27.5 Å². The number of alkyl halides is 3. The number of benzene rings is 1. The van der Waals surface area contributed by atoms with Crippen molar-refractivity contribution in [1.29, 1.82) is 0 Å². The average molecular weight is 323 g/mol. The van der Waals surface area contributed by atoms with Gasteiger partial charge in [0.25, 0.3) is 0 Å². The third-order valence-electron chi connectivity index (χ3n) is 2.89. The fourth-order valence-electron chi connectivity index (χ4n) is 1.71. The van der Waals surface area contributed by atoms with E-state index in [4.69, 9.17) is 4.74 Å². The van der Waals surface area contributed by atoms with Crippen LogP contribution in [-0.2, 0) is 15.7 Å². The van der Waals surface area contributed by atoms with Gasteiger partial charge in [-0.2, -0.15) is 13.2 Å². The highest BCUT2D eigenvalue weighted by Gasteiger charge is 2.29. The Morgan fingerprint density at radius 1 is 1.13 bits per heavy atom. The van der Waals surface area contributed by atoms with Crippen LogP contribution in [0.2, 0.25) is 0 Å². The summed E-state index contributed by atoms with van der Waals surface area (Å²) in [7, 11) is 0. The zero-order valence-electron chi connectivity index (χ0n) is 11.8. The molecule has 2 rings (SSSR count). The van der Waals surface area contributed by atoms with E-state index in [9.17, 15) is 22.8 Å². The molecule has 1 aromatic heterocycles. The van der Waals surface area contributed by atoms with E-state index >= 15 is 0 Å². The highest BCUT2D eigenvalue weighted by molar-refractivity contribution is 5.97. The number of ketones is 1. The fraction of sp³-hybridized carbons (Fsp3) is 0.125. The molecule has 1 heterocycles. The number of H-pyrrole nitrogens is 1. The number of carbonyl (C=O) groups excluding carboxylic acids is 2. The minimum Gasteiger partial charge on any atom is -0.454 e. The molecule has 0 unspecified atom stereocenters. The predicted octanol–water partition coefficient (Wildman–Crippen LogP) is 3.47. The first-order valence-electron chi connectivity index (χ1n) is 6.55. The van der Waals surface area contributed by atoms with Crippen molar-refractivity contribution in [2.45, 2.75) is 6.18 Å². The lowest BCUT2D eigenvalue weighted by molar-refractivity contribution is -0.138. The lowest BCUT2D eigenvalue weighted by atomic mass is 10.1. The smallest absolute Gasteiger partial charge is 0.416 e. The zero-order chi connectivity index (χ0) is 16.9. The summed E-state index contributed by atoms with van der Waals surface area (Å²) in [4.78, 5) is 25.7. The van der Waals surface area contributed by atoms with E-state index in [-0.39, 0.29) is 5.78 Å². The number of rotatable bonds is 5. The Balaban J connectivity index is 1.87. The summed E-state index contributed by atoms with van der Waals surface area (Å²) < 4.78 is 42.0. The van der Waals surface area contributed by atoms with Gasteiger partial charge in [0.15, 0.2) is 6.61 Å². The van der Waals surface area contributed by atoms with Gasteiger partial charge in [0.2, 0.25) is 5.78 Å². The Labute approximate surface area is 129 Å². The van der Waals surface area contributed by atoms with Crippen LogP contribution in [-0.4, -0.2) is 23.3 Å². The molecule has 0 saturated heterocycles. The summed E-state index contributed by atoms with van der Waals surface area (Å²) in [5, 5.41) is 0. The van der Waals surface area contributed by atoms with Crippen LogP contribution >= 0.6 is 0 Å². The number of carbonyl (C=O) groups is 2. The first-order chi connectivity index (χ1) is 10.9. The van der Waals surface area contributed by atoms with E-state index in [1.807, 2.05) is 0 Å². The number of nitrogens with one attached hydrogen (secondary N) is 1. The first-order valence-corrected chi connectivity index (χ1v) is 6.55. The summed E-state index contributed by atoms with van der Waals surface area (Å²) in [6.45, 7) is -0.420. The Morgan fingerprint density at radius 2 is 1.83 bits per heavy atom. The molecule has 7 heteroatoms. The molecule has 4 nitrogen and oxygen atoms in total. The molecule has 2 aromatic rings. The van der Waals surface area contributed by atoms with Gasteiger partial charge in [-0.1, -0.05) is 12.1 Å². The molecule has 23 heavy (non-hydrogen) atoms. The van der Waals surface area contributed by atoms with E-state index in [0.717, 1.165) is 18.2 Å². The van der Waals surface area contributed by atoms with Gasteiger partial charge in [-0.15, -0.1) is 0 Å². The molecule has 0 atom stereocenters. The summed E-state index contributed by atoms with van der Waals surface area (Å²) in [5.74, 6) is -1.14. The molecule has 0 radical (unpaired) electrons. The second-order valence-corrected chi connectivity index (χ2v) is 4.57. The van der Waals surface area contributed by atoms with Gasteiger partial charge in [0.05, 0.1) is 11.3 Å². The van der Waals surface area contributed by atoms with Gasteiger partial charge in [-0.25, -0.2) is 4.79 Å². The molecule has 0 spiro atoms. The Hall–Kier alpha value is -2.83. The second-order valence-electron chi connectivity index (χ2n) is 4.57. The standard InChI is InChI=1S/C16H12F3NO3/c17-16(18,19)12-6-3-11(4-7-12)5-8-15(22)23-10-14(21)13-2-1-9-20-13/h1-9,20H,10H2/b8-5+. The highest BCUT2D eigenvalue weighted by atomic mass is 19.4. The third-order valence-corrected chi connectivity index (χ3v) is 2.89. The third kappa shape index (κ3) is 4.84. The molecular formula is C16H12F3NO3. The Bertz CT molecular complexity index is 701. The van der Waals surface area contributed by atoms with Gasteiger partial charge in [-0.05, 0) is 35.9 Å². The monoisotopic (exact) mass is 323 g/mol. The van der Waals surface area contributed by atoms with Crippen LogP contribution in [0, 0.1) is 0 Å². The van der Waals surface area contributed by atoms with E-state index < -0.39 is 24.3 Å². The van der Waals surface area contributed by atoms with Gasteiger partial charge >= 0.3 is 12.1 Å². The molecule has 0 aliphatic heterocycles. The van der Waals surface area contributed by atoms with Crippen LogP contribution in [0.1, 0.15) is 21.6 Å². The molecule has 1 aromatic carbocycles.